The van der Waals surface area contributed by atoms with Crippen molar-refractivity contribution < 1.29 is 27.8 Å². The molecular formula is C24H22ClF3N6O3. The number of aromatic nitrogens is 4. The number of hydrogen-bond acceptors (Lipinski definition) is 6. The van der Waals surface area contributed by atoms with E-state index in [1.54, 1.807) is 6.92 Å². The van der Waals surface area contributed by atoms with E-state index in [-0.39, 0.29) is 53.5 Å². The van der Waals surface area contributed by atoms with E-state index in [1.165, 1.54) is 29.6 Å². The number of benzene rings is 2. The van der Waals surface area contributed by atoms with Crippen LogP contribution in [0.5, 0.6) is 5.88 Å². The molecule has 0 radical (unpaired) electrons. The Kier molecular flexibility index (Phi) is 8.09. The van der Waals surface area contributed by atoms with Crippen molar-refractivity contribution in [2.75, 3.05) is 18.5 Å². The van der Waals surface area contributed by atoms with Crippen molar-refractivity contribution in [2.45, 2.75) is 26.0 Å². The minimum Gasteiger partial charge on any atom is -0.469 e. The van der Waals surface area contributed by atoms with Gasteiger partial charge in [-0.2, -0.15) is 5.10 Å². The van der Waals surface area contributed by atoms with E-state index in [1.807, 2.05) is 0 Å². The van der Waals surface area contributed by atoms with Crippen molar-refractivity contribution in [3.8, 4) is 5.88 Å². The predicted octanol–water partition coefficient (Wildman–Crippen LogP) is 4.98. The number of nitrogens with zero attached hydrogens (tertiary/aromatic N) is 4. The summed E-state index contributed by atoms with van der Waals surface area (Å²) in [5.41, 5.74) is 0.661. The zero-order valence-electron chi connectivity index (χ0n) is 19.5. The molecule has 13 heteroatoms. The molecule has 4 aromatic rings. The number of amides is 2. The molecule has 0 unspecified atom stereocenters. The number of pyridine rings is 1. The lowest BCUT2D eigenvalue weighted by Gasteiger charge is -2.30. The number of fused-ring (bicyclic) bond motifs is 1. The number of aliphatic hydroxyl groups is 1. The van der Waals surface area contributed by atoms with Gasteiger partial charge in [0, 0.05) is 36.0 Å². The van der Waals surface area contributed by atoms with Gasteiger partial charge in [-0.05, 0) is 49.1 Å². The lowest BCUT2D eigenvalue weighted by molar-refractivity contribution is 0.182. The van der Waals surface area contributed by atoms with Crippen LogP contribution in [0.3, 0.4) is 0 Å². The van der Waals surface area contributed by atoms with E-state index < -0.39 is 29.5 Å². The van der Waals surface area contributed by atoms with Gasteiger partial charge in [0.05, 0.1) is 11.1 Å². The molecule has 0 saturated carbocycles. The highest BCUT2D eigenvalue weighted by atomic mass is 35.5. The number of nitrogens with one attached hydrogen (secondary N) is 2. The Morgan fingerprint density at radius 3 is 2.59 bits per heavy atom. The molecule has 1 atom stereocenters. The Bertz CT molecular complexity index is 1410. The Morgan fingerprint density at radius 1 is 1.16 bits per heavy atom. The third-order valence-corrected chi connectivity index (χ3v) is 5.92. The van der Waals surface area contributed by atoms with E-state index in [4.69, 9.17) is 16.3 Å². The first-order chi connectivity index (χ1) is 17.8. The third-order valence-electron chi connectivity index (χ3n) is 5.63. The van der Waals surface area contributed by atoms with Crippen LogP contribution in [0.15, 0.2) is 42.9 Å². The molecule has 2 amide bonds. The van der Waals surface area contributed by atoms with Crippen molar-refractivity contribution in [3.05, 3.63) is 76.7 Å². The summed E-state index contributed by atoms with van der Waals surface area (Å²) in [4.78, 5) is 22.8. The van der Waals surface area contributed by atoms with Crippen LogP contribution in [0.2, 0.25) is 5.02 Å². The molecule has 4 rings (SSSR count). The largest absolute Gasteiger partial charge is 0.469 e. The van der Waals surface area contributed by atoms with Crippen LogP contribution in [0.25, 0.3) is 10.8 Å². The van der Waals surface area contributed by atoms with E-state index in [2.05, 4.69) is 25.5 Å². The van der Waals surface area contributed by atoms with Gasteiger partial charge in [0.2, 0.25) is 5.88 Å². The summed E-state index contributed by atoms with van der Waals surface area (Å²) in [5.74, 6) is -2.45. The van der Waals surface area contributed by atoms with Crippen molar-refractivity contribution in [1.82, 2.24) is 25.1 Å². The number of urea groups is 1. The highest BCUT2D eigenvalue weighted by molar-refractivity contribution is 6.31. The van der Waals surface area contributed by atoms with Gasteiger partial charge in [-0.25, -0.2) is 27.9 Å². The summed E-state index contributed by atoms with van der Waals surface area (Å²) in [7, 11) is 0. The molecule has 0 spiro atoms. The number of halogens is 4. The molecule has 0 aliphatic heterocycles. The highest BCUT2D eigenvalue weighted by Crippen LogP contribution is 2.34. The molecule has 3 N–H and O–H groups in total. The normalized spacial score (nSPS) is 11.9. The van der Waals surface area contributed by atoms with E-state index in [9.17, 15) is 23.1 Å². The number of aliphatic hydroxyl groups excluding tert-OH is 1. The first-order valence-electron chi connectivity index (χ1n) is 11.2. The standard InChI is InChI=1S/C24H22ClF3N6O3/c1-13(34(5-2-6-35)24(36)32-14-3-4-19(26)18(25)7-14)17-10-29-23(37-11-22-30-12-31-33-22)16-9-21(28)20(27)8-15(16)17/h3-4,7-10,12-13,35H,2,5-6,11H2,1H3,(H,32,36)(H,30,31,33)/t13-/m1/s1. The van der Waals surface area contributed by atoms with Crippen LogP contribution in [-0.4, -0.2) is 49.4 Å². The van der Waals surface area contributed by atoms with E-state index in [0.29, 0.717) is 11.4 Å². The lowest BCUT2D eigenvalue weighted by Crippen LogP contribution is -2.38. The lowest BCUT2D eigenvalue weighted by atomic mass is 10.0. The Morgan fingerprint density at radius 2 is 1.92 bits per heavy atom. The van der Waals surface area contributed by atoms with Crippen LogP contribution >= 0.6 is 11.6 Å². The molecule has 2 aromatic heterocycles. The second-order valence-corrected chi connectivity index (χ2v) is 8.45. The van der Waals surface area contributed by atoms with Gasteiger partial charge in [0.25, 0.3) is 0 Å². The van der Waals surface area contributed by atoms with Crippen LogP contribution in [-0.2, 0) is 6.61 Å². The SMILES string of the molecule is C[C@H](c1cnc(OCc2nc[nH]n2)c2cc(F)c(F)cc12)N(CCCO)C(=O)Nc1ccc(F)c(Cl)c1. The smallest absolute Gasteiger partial charge is 0.322 e. The highest BCUT2D eigenvalue weighted by Gasteiger charge is 2.25. The van der Waals surface area contributed by atoms with Crippen LogP contribution in [0, 0.1) is 17.5 Å². The van der Waals surface area contributed by atoms with Crippen LogP contribution in [0.4, 0.5) is 23.7 Å². The Hall–Kier alpha value is -3.90. The number of rotatable bonds is 9. The molecular weight excluding hydrogens is 513 g/mol. The summed E-state index contributed by atoms with van der Waals surface area (Å²) in [5, 5.41) is 18.7. The number of H-pyrrole nitrogens is 1. The van der Waals surface area contributed by atoms with Crippen molar-refractivity contribution >= 4 is 34.1 Å². The number of hydrogen-bond donors (Lipinski definition) is 3. The molecule has 0 bridgehead atoms. The zero-order valence-corrected chi connectivity index (χ0v) is 20.3. The van der Waals surface area contributed by atoms with Crippen LogP contribution in [0.1, 0.15) is 30.8 Å². The van der Waals surface area contributed by atoms with Gasteiger partial charge in [-0.1, -0.05) is 11.6 Å². The second-order valence-electron chi connectivity index (χ2n) is 8.04. The molecule has 0 aliphatic rings. The van der Waals surface area contributed by atoms with Gasteiger partial charge in [-0.15, -0.1) is 0 Å². The molecule has 194 valence electrons. The number of ether oxygens (including phenoxy) is 1. The average molecular weight is 535 g/mol. The molecule has 37 heavy (non-hydrogen) atoms. The van der Waals surface area contributed by atoms with E-state index in [0.717, 1.165) is 18.2 Å². The summed E-state index contributed by atoms with van der Waals surface area (Å²) in [6.07, 6.45) is 3.02. The fourth-order valence-electron chi connectivity index (χ4n) is 3.77. The van der Waals surface area contributed by atoms with Crippen molar-refractivity contribution in [3.63, 3.8) is 0 Å². The number of carbonyl (C=O) groups excluding carboxylic acids is 1. The summed E-state index contributed by atoms with van der Waals surface area (Å²) in [6.45, 7) is 1.55. The van der Waals surface area contributed by atoms with Gasteiger partial charge < -0.3 is 20.1 Å². The molecule has 2 aromatic carbocycles. The molecule has 9 nitrogen and oxygen atoms in total. The molecule has 0 aliphatic carbocycles. The van der Waals surface area contributed by atoms with Gasteiger partial charge in [0.15, 0.2) is 24.1 Å². The third kappa shape index (κ3) is 5.92. The maximum absolute atomic E-state index is 14.3. The molecule has 0 saturated heterocycles. The van der Waals surface area contributed by atoms with Crippen molar-refractivity contribution in [2.24, 2.45) is 0 Å². The molecule has 2 heterocycles. The Balaban J connectivity index is 1.68. The van der Waals surface area contributed by atoms with Gasteiger partial charge in [-0.3, -0.25) is 5.10 Å². The summed E-state index contributed by atoms with van der Waals surface area (Å²) >= 11 is 5.82. The number of carbonyl (C=O) groups is 1. The number of aromatic amines is 1. The van der Waals surface area contributed by atoms with E-state index >= 15 is 0 Å². The maximum atomic E-state index is 14.3. The minimum atomic E-state index is -1.09. The van der Waals surface area contributed by atoms with Gasteiger partial charge in [0.1, 0.15) is 12.1 Å². The average Bonchev–Trinajstić information content (AvgIpc) is 3.39. The summed E-state index contributed by atoms with van der Waals surface area (Å²) < 4.78 is 47.7. The first kappa shape index (κ1) is 26.2. The predicted molar refractivity (Wildman–Crippen MR) is 130 cm³/mol. The minimum absolute atomic E-state index is 0.0296. The first-order valence-corrected chi connectivity index (χ1v) is 11.5. The summed E-state index contributed by atoms with van der Waals surface area (Å²) in [6, 6.07) is 4.43. The topological polar surface area (TPSA) is 116 Å². The fourth-order valence-corrected chi connectivity index (χ4v) is 3.95. The maximum Gasteiger partial charge on any atom is 0.322 e. The second kappa shape index (κ2) is 11.4. The molecule has 0 fully saturated rings. The fraction of sp³-hybridized carbons (Fsp3) is 0.250. The number of anilines is 1. The monoisotopic (exact) mass is 534 g/mol. The zero-order chi connectivity index (χ0) is 26.5. The quantitative estimate of drug-likeness (QED) is 0.279. The van der Waals surface area contributed by atoms with Crippen LogP contribution < -0.4 is 10.1 Å². The van der Waals surface area contributed by atoms with Crippen molar-refractivity contribution in [1.29, 1.82) is 0 Å². The van der Waals surface area contributed by atoms with Gasteiger partial charge >= 0.3 is 6.03 Å². The Labute approximate surface area is 214 Å².